The minimum absolute atomic E-state index is 0.00273. The molecule has 1 N–H and O–H groups in total. The summed E-state index contributed by atoms with van der Waals surface area (Å²) in [5, 5.41) is 3.05. The fraction of sp³-hybridized carbons (Fsp3) is 0.667. The van der Waals surface area contributed by atoms with Crippen LogP contribution in [0.3, 0.4) is 0 Å². The lowest BCUT2D eigenvalue weighted by atomic mass is 9.79. The number of aromatic nitrogens is 1. The molecule has 0 atom stereocenters. The first-order valence-corrected chi connectivity index (χ1v) is 16.7. The smallest absolute Gasteiger partial charge is 0.253 e. The van der Waals surface area contributed by atoms with Gasteiger partial charge in [-0.15, -0.1) is 0 Å². The number of carbonyl (C=O) groups excluding carboxylic acids is 1. The number of rotatable bonds is 8. The molecule has 39 heavy (non-hydrogen) atoms. The zero-order chi connectivity index (χ0) is 29.4. The molecule has 1 fully saturated rings. The summed E-state index contributed by atoms with van der Waals surface area (Å²) in [5.74, 6) is 0.504. The highest BCUT2D eigenvalue weighted by Crippen LogP contribution is 2.37. The molecule has 1 heterocycles. The highest BCUT2D eigenvalue weighted by atomic mass is 32.2. The van der Waals surface area contributed by atoms with Gasteiger partial charge in [0.1, 0.15) is 9.84 Å². The van der Waals surface area contributed by atoms with Crippen LogP contribution in [0.25, 0.3) is 11.3 Å². The topological polar surface area (TPSA) is 68.2 Å². The molecule has 3 rings (SSSR count). The van der Waals surface area contributed by atoms with Gasteiger partial charge in [-0.2, -0.15) is 0 Å². The van der Waals surface area contributed by atoms with Crippen LogP contribution in [0.2, 0.25) is 0 Å². The first-order valence-electron chi connectivity index (χ1n) is 14.6. The molecule has 0 radical (unpaired) electrons. The van der Waals surface area contributed by atoms with Gasteiger partial charge in [-0.05, 0) is 76.8 Å². The molecule has 0 aliphatic heterocycles. The quantitative estimate of drug-likeness (QED) is 0.367. The van der Waals surface area contributed by atoms with Crippen LogP contribution in [0.1, 0.15) is 115 Å². The monoisotopic (exact) mass is 556 g/mol. The average Bonchev–Trinajstić information content (AvgIpc) is 3.11. The molecule has 5 nitrogen and oxygen atoms in total. The molecule has 0 spiro atoms. The summed E-state index contributed by atoms with van der Waals surface area (Å²) in [5.41, 5.74) is 5.93. The lowest BCUT2D eigenvalue weighted by Gasteiger charge is -2.27. The van der Waals surface area contributed by atoms with Crippen LogP contribution in [-0.4, -0.2) is 37.4 Å². The van der Waals surface area contributed by atoms with Crippen molar-refractivity contribution in [3.05, 3.63) is 46.6 Å². The second kappa shape index (κ2) is 11.4. The van der Waals surface area contributed by atoms with E-state index in [1.807, 2.05) is 13.8 Å². The van der Waals surface area contributed by atoms with Crippen molar-refractivity contribution in [1.82, 2.24) is 9.88 Å². The third kappa shape index (κ3) is 8.45. The number of hydrogen-bond acceptors (Lipinski definition) is 3. The van der Waals surface area contributed by atoms with Crippen molar-refractivity contribution in [2.75, 3.05) is 18.6 Å². The molecule has 6 heteroatoms. The van der Waals surface area contributed by atoms with Gasteiger partial charge >= 0.3 is 0 Å². The predicted molar refractivity (Wildman–Crippen MR) is 164 cm³/mol. The molecule has 218 valence electrons. The third-order valence-corrected chi connectivity index (χ3v) is 9.42. The van der Waals surface area contributed by atoms with E-state index in [0.717, 1.165) is 23.5 Å². The predicted octanol–water partition coefficient (Wildman–Crippen LogP) is 7.44. The van der Waals surface area contributed by atoms with Crippen molar-refractivity contribution >= 4 is 15.7 Å². The van der Waals surface area contributed by atoms with Crippen molar-refractivity contribution in [3.8, 4) is 11.3 Å². The Kier molecular flexibility index (Phi) is 9.21. The summed E-state index contributed by atoms with van der Waals surface area (Å²) < 4.78 is 26.2. The Morgan fingerprint density at radius 3 is 1.92 bits per heavy atom. The number of nitrogens with one attached hydrogen (secondary N) is 1. The lowest BCUT2D eigenvalue weighted by molar-refractivity contribution is 0.0938. The molecule has 1 aromatic heterocycles. The molecule has 0 unspecified atom stereocenters. The maximum atomic E-state index is 13.5. The van der Waals surface area contributed by atoms with Crippen LogP contribution < -0.4 is 5.32 Å². The molecule has 0 saturated heterocycles. The van der Waals surface area contributed by atoms with E-state index in [9.17, 15) is 13.2 Å². The summed E-state index contributed by atoms with van der Waals surface area (Å²) >= 11 is 0. The standard InChI is InChI=1S/C33H52N2O3S/c1-23-28(30(36)34-21-33(8,9)22-39(10,37)38)19-29(35(23)20-24-14-12-11-13-15-24)25-16-26(31(2,3)4)18-27(17-25)32(5,6)7/h16-19,24H,11-15,20-22H2,1-10H3,(H,34,36). The summed E-state index contributed by atoms with van der Waals surface area (Å²) in [6, 6.07) is 9.00. The Morgan fingerprint density at radius 2 is 1.44 bits per heavy atom. The highest BCUT2D eigenvalue weighted by Gasteiger charge is 2.28. The van der Waals surface area contributed by atoms with Crippen molar-refractivity contribution in [1.29, 1.82) is 0 Å². The molecule has 1 aromatic carbocycles. The van der Waals surface area contributed by atoms with Crippen molar-refractivity contribution in [3.63, 3.8) is 0 Å². The minimum atomic E-state index is -3.15. The fourth-order valence-corrected chi connectivity index (χ4v) is 7.32. The highest BCUT2D eigenvalue weighted by molar-refractivity contribution is 7.90. The number of sulfone groups is 1. The van der Waals surface area contributed by atoms with Crippen molar-refractivity contribution in [2.45, 2.75) is 112 Å². The Bertz CT molecular complexity index is 1250. The van der Waals surface area contributed by atoms with Gasteiger partial charge in [0.05, 0.1) is 11.3 Å². The second-order valence-electron chi connectivity index (χ2n) is 14.9. The Hall–Kier alpha value is -2.08. The number of hydrogen-bond donors (Lipinski definition) is 1. The molecule has 0 bridgehead atoms. The van der Waals surface area contributed by atoms with Crippen molar-refractivity contribution < 1.29 is 13.2 Å². The zero-order valence-electron chi connectivity index (χ0n) is 26.1. The fourth-order valence-electron chi connectivity index (χ4n) is 5.79. The van der Waals surface area contributed by atoms with E-state index in [1.54, 1.807) is 0 Å². The first kappa shape index (κ1) is 31.4. The maximum Gasteiger partial charge on any atom is 0.253 e. The van der Waals surface area contributed by atoms with Gasteiger partial charge < -0.3 is 9.88 Å². The van der Waals surface area contributed by atoms with Gasteiger partial charge in [-0.3, -0.25) is 4.79 Å². The van der Waals surface area contributed by atoms with Gasteiger partial charge in [0.25, 0.3) is 5.91 Å². The Morgan fingerprint density at radius 1 is 0.897 bits per heavy atom. The van der Waals surface area contributed by atoms with Gasteiger partial charge in [0, 0.05) is 30.7 Å². The van der Waals surface area contributed by atoms with Crippen LogP contribution >= 0.6 is 0 Å². The number of benzene rings is 1. The average molecular weight is 557 g/mol. The van der Waals surface area contributed by atoms with E-state index in [0.29, 0.717) is 18.0 Å². The van der Waals surface area contributed by atoms with Crippen molar-refractivity contribution in [2.24, 2.45) is 11.3 Å². The second-order valence-corrected chi connectivity index (χ2v) is 17.0. The number of amides is 1. The number of nitrogens with zero attached hydrogens (tertiary/aromatic N) is 1. The molecule has 1 aliphatic rings. The SMILES string of the molecule is Cc1c(C(=O)NCC(C)(C)CS(C)(=O)=O)cc(-c2cc(C(C)(C)C)cc(C(C)(C)C)c2)n1CC1CCCCC1. The summed E-state index contributed by atoms with van der Waals surface area (Å²) in [7, 11) is -3.15. The van der Waals surface area contributed by atoms with E-state index in [-0.39, 0.29) is 22.5 Å². The summed E-state index contributed by atoms with van der Waals surface area (Å²) in [6.45, 7) is 20.5. The van der Waals surface area contributed by atoms with E-state index in [2.05, 4.69) is 82.6 Å². The van der Waals surface area contributed by atoms with Gasteiger partial charge in [-0.1, -0.05) is 80.7 Å². The molecule has 1 aliphatic carbocycles. The van der Waals surface area contributed by atoms with Crippen LogP contribution in [0, 0.1) is 18.3 Å². The van der Waals surface area contributed by atoms with Crippen LogP contribution in [-0.2, 0) is 27.2 Å². The zero-order valence-corrected chi connectivity index (χ0v) is 26.9. The lowest BCUT2D eigenvalue weighted by Crippen LogP contribution is -2.38. The van der Waals surface area contributed by atoms with E-state index < -0.39 is 15.3 Å². The normalized spacial score (nSPS) is 15.9. The molecule has 1 saturated carbocycles. The van der Waals surface area contributed by atoms with Crippen LogP contribution in [0.15, 0.2) is 24.3 Å². The van der Waals surface area contributed by atoms with Crippen LogP contribution in [0.4, 0.5) is 0 Å². The van der Waals surface area contributed by atoms with Gasteiger partial charge in [-0.25, -0.2) is 8.42 Å². The Labute approximate surface area is 238 Å². The minimum Gasteiger partial charge on any atom is -0.351 e. The largest absolute Gasteiger partial charge is 0.351 e. The third-order valence-electron chi connectivity index (χ3n) is 8.12. The Balaban J connectivity index is 2.08. The summed E-state index contributed by atoms with van der Waals surface area (Å²) in [6.07, 6.45) is 7.57. The van der Waals surface area contributed by atoms with Gasteiger partial charge in [0.2, 0.25) is 0 Å². The van der Waals surface area contributed by atoms with E-state index >= 15 is 0 Å². The van der Waals surface area contributed by atoms with E-state index in [1.165, 1.54) is 49.5 Å². The van der Waals surface area contributed by atoms with E-state index in [4.69, 9.17) is 0 Å². The number of carbonyl (C=O) groups is 1. The van der Waals surface area contributed by atoms with Crippen LogP contribution in [0.5, 0.6) is 0 Å². The molecular formula is C33H52N2O3S. The summed E-state index contributed by atoms with van der Waals surface area (Å²) in [4.78, 5) is 13.5. The van der Waals surface area contributed by atoms with Gasteiger partial charge in [0.15, 0.2) is 0 Å². The maximum absolute atomic E-state index is 13.5. The molecule has 2 aromatic rings. The molecular weight excluding hydrogens is 504 g/mol. The first-order chi connectivity index (χ1) is 17.8. The molecule has 1 amide bonds.